The average molecular weight is 436 g/mol. The molecule has 6 heteroatoms. The van der Waals surface area contributed by atoms with Crippen LogP contribution in [-0.4, -0.2) is 47.5 Å². The minimum Gasteiger partial charge on any atom is -0.488 e. The number of ether oxygens (including phenoxy) is 2. The highest BCUT2D eigenvalue weighted by molar-refractivity contribution is 5.99. The summed E-state index contributed by atoms with van der Waals surface area (Å²) in [5.41, 5.74) is 5.64. The zero-order valence-corrected chi connectivity index (χ0v) is 18.6. The van der Waals surface area contributed by atoms with Crippen molar-refractivity contribution in [2.45, 2.75) is 63.8 Å². The zero-order valence-electron chi connectivity index (χ0n) is 18.6. The van der Waals surface area contributed by atoms with Crippen LogP contribution in [0.1, 0.15) is 65.8 Å². The number of hydrogen-bond donors (Lipinski definition) is 1. The highest BCUT2D eigenvalue weighted by Gasteiger charge is 2.34. The number of likely N-dealkylation sites (N-methyl/N-ethyl adjacent to an activating group) is 1. The third-order valence-corrected chi connectivity index (χ3v) is 7.29. The van der Waals surface area contributed by atoms with Crippen LogP contribution in [0.15, 0.2) is 30.3 Å². The molecule has 0 saturated carbocycles. The molecule has 2 aromatic carbocycles. The first-order chi connectivity index (χ1) is 15.4. The van der Waals surface area contributed by atoms with Crippen molar-refractivity contribution in [1.29, 1.82) is 0 Å². The van der Waals surface area contributed by atoms with E-state index in [0.29, 0.717) is 18.2 Å². The summed E-state index contributed by atoms with van der Waals surface area (Å²) in [5.74, 6) is 0.238. The molecule has 1 fully saturated rings. The summed E-state index contributed by atoms with van der Waals surface area (Å²) in [5, 5.41) is 10.3. The SMILES string of the molecule is CC1CCC(C(=O)OCC(=O)c2ccc3c(c2)COc2cc4c(cc2-3)CCCC4O)N1C. The van der Waals surface area contributed by atoms with Gasteiger partial charge in [-0.25, -0.2) is 0 Å². The highest BCUT2D eigenvalue weighted by atomic mass is 16.5. The number of benzene rings is 2. The van der Waals surface area contributed by atoms with E-state index in [9.17, 15) is 14.7 Å². The van der Waals surface area contributed by atoms with Gasteiger partial charge in [-0.15, -0.1) is 0 Å². The van der Waals surface area contributed by atoms with Crippen LogP contribution in [0.25, 0.3) is 11.1 Å². The van der Waals surface area contributed by atoms with Crippen LogP contribution in [0.2, 0.25) is 0 Å². The van der Waals surface area contributed by atoms with Crippen molar-refractivity contribution in [2.24, 2.45) is 0 Å². The van der Waals surface area contributed by atoms with Crippen molar-refractivity contribution in [3.63, 3.8) is 0 Å². The lowest BCUT2D eigenvalue weighted by Crippen LogP contribution is -2.38. The van der Waals surface area contributed by atoms with Crippen LogP contribution in [-0.2, 0) is 22.6 Å². The Bertz CT molecular complexity index is 1080. The van der Waals surface area contributed by atoms with Gasteiger partial charge in [-0.3, -0.25) is 14.5 Å². The topological polar surface area (TPSA) is 76.1 Å². The van der Waals surface area contributed by atoms with Crippen molar-refractivity contribution in [3.8, 4) is 16.9 Å². The van der Waals surface area contributed by atoms with Crippen LogP contribution in [0.5, 0.6) is 5.75 Å². The summed E-state index contributed by atoms with van der Waals surface area (Å²) in [4.78, 5) is 27.1. The predicted octanol–water partition coefficient (Wildman–Crippen LogP) is 3.82. The van der Waals surface area contributed by atoms with E-state index in [0.717, 1.165) is 65.7 Å². The molecule has 5 rings (SSSR count). The van der Waals surface area contributed by atoms with Crippen molar-refractivity contribution in [2.75, 3.05) is 13.7 Å². The largest absolute Gasteiger partial charge is 0.488 e. The lowest BCUT2D eigenvalue weighted by atomic mass is 9.85. The van der Waals surface area contributed by atoms with Gasteiger partial charge in [-0.2, -0.15) is 0 Å². The molecule has 0 bridgehead atoms. The molecular weight excluding hydrogens is 406 g/mol. The second-order valence-electron chi connectivity index (χ2n) is 9.25. The lowest BCUT2D eigenvalue weighted by Gasteiger charge is -2.27. The Labute approximate surface area is 188 Å². The lowest BCUT2D eigenvalue weighted by molar-refractivity contribution is -0.147. The van der Waals surface area contributed by atoms with Gasteiger partial charge in [0, 0.05) is 17.2 Å². The fourth-order valence-electron chi connectivity index (χ4n) is 5.16. The summed E-state index contributed by atoms with van der Waals surface area (Å²) in [6.07, 6.45) is 4.01. The van der Waals surface area contributed by atoms with Gasteiger partial charge >= 0.3 is 5.97 Å². The maximum absolute atomic E-state index is 12.7. The first kappa shape index (κ1) is 21.2. The molecule has 1 N–H and O–H groups in total. The number of carbonyl (C=O) groups is 2. The molecule has 0 aromatic heterocycles. The molecule has 1 aliphatic carbocycles. The predicted molar refractivity (Wildman–Crippen MR) is 120 cm³/mol. The molecule has 2 aliphatic heterocycles. The normalized spacial score (nSPS) is 24.2. The number of hydrogen-bond acceptors (Lipinski definition) is 6. The second kappa shape index (κ2) is 8.34. The van der Waals surface area contributed by atoms with Crippen LogP contribution in [0.4, 0.5) is 0 Å². The Kier molecular flexibility index (Phi) is 5.51. The van der Waals surface area contributed by atoms with Crippen LogP contribution >= 0.6 is 0 Å². The number of Topliss-reactive ketones (excluding diaryl/α,β-unsaturated/α-hetero) is 1. The average Bonchev–Trinajstić information content (AvgIpc) is 3.14. The van der Waals surface area contributed by atoms with E-state index in [-0.39, 0.29) is 24.4 Å². The molecule has 0 radical (unpaired) electrons. The summed E-state index contributed by atoms with van der Waals surface area (Å²) in [6.45, 7) is 2.20. The molecule has 2 heterocycles. The van der Waals surface area contributed by atoms with E-state index in [1.54, 1.807) is 6.07 Å². The first-order valence-electron chi connectivity index (χ1n) is 11.4. The smallest absolute Gasteiger partial charge is 0.323 e. The molecule has 2 aromatic rings. The highest BCUT2D eigenvalue weighted by Crippen LogP contribution is 2.43. The molecule has 3 atom stereocenters. The maximum atomic E-state index is 12.7. The number of rotatable bonds is 4. The Morgan fingerprint density at radius 1 is 1.12 bits per heavy atom. The molecule has 0 spiro atoms. The van der Waals surface area contributed by atoms with Gasteiger partial charge in [0.25, 0.3) is 0 Å². The number of carbonyl (C=O) groups excluding carboxylic acids is 2. The monoisotopic (exact) mass is 435 g/mol. The number of esters is 1. The minimum atomic E-state index is -0.427. The minimum absolute atomic E-state index is 0.214. The fraction of sp³-hybridized carbons (Fsp3) is 0.462. The first-order valence-corrected chi connectivity index (χ1v) is 11.4. The van der Waals surface area contributed by atoms with Crippen molar-refractivity contribution < 1.29 is 24.2 Å². The van der Waals surface area contributed by atoms with Crippen molar-refractivity contribution >= 4 is 11.8 Å². The standard InChI is InChI=1S/C26H29NO5/c1-15-6-9-22(27(15)2)26(30)32-14-24(29)17-7-8-19-18(10-17)13-31-25-12-20-16(11-21(19)25)4-3-5-23(20)28/h7-8,10-12,15,22-23,28H,3-6,9,13-14H2,1-2H3. The summed E-state index contributed by atoms with van der Waals surface area (Å²) in [6, 6.07) is 9.75. The van der Waals surface area contributed by atoms with E-state index in [2.05, 4.69) is 13.0 Å². The van der Waals surface area contributed by atoms with Gasteiger partial charge in [-0.1, -0.05) is 12.1 Å². The summed E-state index contributed by atoms with van der Waals surface area (Å²) < 4.78 is 11.3. The Hall–Kier alpha value is -2.70. The number of fused-ring (bicyclic) bond motifs is 4. The van der Waals surface area contributed by atoms with Crippen molar-refractivity contribution in [1.82, 2.24) is 4.90 Å². The number of aliphatic hydroxyl groups is 1. The zero-order chi connectivity index (χ0) is 22.4. The van der Waals surface area contributed by atoms with Crippen LogP contribution in [0, 0.1) is 0 Å². The number of aliphatic hydroxyl groups excluding tert-OH is 1. The number of ketones is 1. The summed E-state index contributed by atoms with van der Waals surface area (Å²) >= 11 is 0. The van der Waals surface area contributed by atoms with E-state index >= 15 is 0 Å². The molecule has 0 amide bonds. The molecule has 1 saturated heterocycles. The van der Waals surface area contributed by atoms with E-state index in [1.165, 1.54) is 0 Å². The Balaban J connectivity index is 1.32. The maximum Gasteiger partial charge on any atom is 0.323 e. The third-order valence-electron chi connectivity index (χ3n) is 7.29. The molecule has 3 aliphatic rings. The van der Waals surface area contributed by atoms with Gasteiger partial charge in [0.1, 0.15) is 18.4 Å². The molecular formula is C26H29NO5. The van der Waals surface area contributed by atoms with E-state index in [4.69, 9.17) is 9.47 Å². The number of aryl methyl sites for hydroxylation is 1. The van der Waals surface area contributed by atoms with Crippen molar-refractivity contribution in [3.05, 3.63) is 52.6 Å². The summed E-state index contributed by atoms with van der Waals surface area (Å²) in [7, 11) is 1.92. The van der Waals surface area contributed by atoms with Gasteiger partial charge in [0.05, 0.1) is 6.10 Å². The van der Waals surface area contributed by atoms with Crippen LogP contribution in [0.3, 0.4) is 0 Å². The van der Waals surface area contributed by atoms with Gasteiger partial charge in [-0.05, 0) is 86.5 Å². The van der Waals surface area contributed by atoms with E-state index < -0.39 is 6.10 Å². The third kappa shape index (κ3) is 3.71. The van der Waals surface area contributed by atoms with Crippen LogP contribution < -0.4 is 4.74 Å². The van der Waals surface area contributed by atoms with Gasteiger partial charge in [0.15, 0.2) is 12.4 Å². The molecule has 32 heavy (non-hydrogen) atoms. The Morgan fingerprint density at radius 3 is 2.75 bits per heavy atom. The molecule has 6 nitrogen and oxygen atoms in total. The second-order valence-corrected chi connectivity index (χ2v) is 9.25. The quantitative estimate of drug-likeness (QED) is 0.581. The fourth-order valence-corrected chi connectivity index (χ4v) is 5.16. The van der Waals surface area contributed by atoms with E-state index in [1.807, 2.05) is 30.1 Å². The van der Waals surface area contributed by atoms with Gasteiger partial charge in [0.2, 0.25) is 0 Å². The number of nitrogens with zero attached hydrogens (tertiary/aromatic N) is 1. The Morgan fingerprint density at radius 2 is 1.97 bits per heavy atom. The number of likely N-dealkylation sites (tertiary alicyclic amines) is 1. The molecule has 3 unspecified atom stereocenters. The van der Waals surface area contributed by atoms with Gasteiger partial charge < -0.3 is 14.6 Å². The molecule has 168 valence electrons.